The number of rotatable bonds is 5. The lowest BCUT2D eigenvalue weighted by Crippen LogP contribution is -2.39. The van der Waals surface area contributed by atoms with Gasteiger partial charge < -0.3 is 15.2 Å². The number of methoxy groups -OCH3 is 1. The van der Waals surface area contributed by atoms with Crippen LogP contribution in [-0.4, -0.2) is 36.7 Å². The first-order chi connectivity index (χ1) is 9.67. The van der Waals surface area contributed by atoms with Crippen LogP contribution < -0.4 is 5.32 Å². The average Bonchev–Trinajstić information content (AvgIpc) is 2.47. The number of fused-ring (bicyclic) bond motifs is 1. The van der Waals surface area contributed by atoms with Gasteiger partial charge in [0.05, 0.1) is 18.2 Å². The fraction of sp³-hybridized carbons (Fsp3) is 0.267. The van der Waals surface area contributed by atoms with E-state index in [0.29, 0.717) is 12.0 Å². The molecule has 0 aliphatic rings. The molecule has 4 nitrogen and oxygen atoms in total. The van der Waals surface area contributed by atoms with Gasteiger partial charge in [-0.2, -0.15) is 0 Å². The zero-order valence-corrected chi connectivity index (χ0v) is 11.9. The highest BCUT2D eigenvalue weighted by molar-refractivity contribution is 6.18. The first kappa shape index (κ1) is 14.6. The van der Waals surface area contributed by atoms with Crippen molar-refractivity contribution in [3.63, 3.8) is 0 Å². The zero-order chi connectivity index (χ0) is 14.5. The van der Waals surface area contributed by atoms with Gasteiger partial charge in [-0.1, -0.05) is 30.3 Å². The number of alkyl halides is 1. The van der Waals surface area contributed by atoms with Gasteiger partial charge in [-0.05, 0) is 11.5 Å². The summed E-state index contributed by atoms with van der Waals surface area (Å²) in [4.78, 5) is 12.2. The molecule has 0 radical (unpaired) electrons. The summed E-state index contributed by atoms with van der Waals surface area (Å²) in [6, 6.07) is 10.5. The number of benzene rings is 2. The maximum atomic E-state index is 12.2. The molecule has 0 spiro atoms. The Morgan fingerprint density at radius 3 is 2.80 bits per heavy atom. The van der Waals surface area contributed by atoms with Crippen LogP contribution in [0, 0.1) is 0 Å². The van der Waals surface area contributed by atoms with Gasteiger partial charge in [-0.25, -0.2) is 0 Å². The van der Waals surface area contributed by atoms with Crippen LogP contribution in [0.1, 0.15) is 10.4 Å². The van der Waals surface area contributed by atoms with E-state index in [1.54, 1.807) is 25.3 Å². The molecule has 0 saturated heterocycles. The Kier molecular flexibility index (Phi) is 4.82. The fourth-order valence-electron chi connectivity index (χ4n) is 2.03. The number of amides is 1. The third-order valence-electron chi connectivity index (χ3n) is 3.03. The van der Waals surface area contributed by atoms with E-state index in [4.69, 9.17) is 16.3 Å². The molecule has 0 heterocycles. The number of phenols is 1. The molecule has 1 unspecified atom stereocenters. The van der Waals surface area contributed by atoms with E-state index in [1.807, 2.05) is 18.2 Å². The molecule has 0 aromatic heterocycles. The monoisotopic (exact) mass is 293 g/mol. The number of halogens is 1. The van der Waals surface area contributed by atoms with Crippen LogP contribution in [0.3, 0.4) is 0 Å². The first-order valence-corrected chi connectivity index (χ1v) is 6.77. The van der Waals surface area contributed by atoms with Crippen molar-refractivity contribution in [3.8, 4) is 5.75 Å². The van der Waals surface area contributed by atoms with E-state index in [1.165, 1.54) is 0 Å². The summed E-state index contributed by atoms with van der Waals surface area (Å²) in [5, 5.41) is 14.5. The van der Waals surface area contributed by atoms with Crippen LogP contribution in [0.25, 0.3) is 10.8 Å². The van der Waals surface area contributed by atoms with Crippen LogP contribution in [0.5, 0.6) is 5.75 Å². The fourth-order valence-corrected chi connectivity index (χ4v) is 2.19. The van der Waals surface area contributed by atoms with Crippen molar-refractivity contribution in [1.29, 1.82) is 0 Å². The largest absolute Gasteiger partial charge is 0.506 e. The van der Waals surface area contributed by atoms with E-state index in [-0.39, 0.29) is 29.1 Å². The van der Waals surface area contributed by atoms with E-state index in [0.717, 1.165) is 5.39 Å². The number of carbonyl (C=O) groups is 1. The highest BCUT2D eigenvalue weighted by Gasteiger charge is 2.17. The number of hydrogen-bond donors (Lipinski definition) is 2. The molecular weight excluding hydrogens is 278 g/mol. The van der Waals surface area contributed by atoms with E-state index >= 15 is 0 Å². The number of hydrogen-bond acceptors (Lipinski definition) is 3. The second-order valence-electron chi connectivity index (χ2n) is 4.46. The maximum Gasteiger partial charge on any atom is 0.255 e. The van der Waals surface area contributed by atoms with Gasteiger partial charge in [-0.15, -0.1) is 11.6 Å². The van der Waals surface area contributed by atoms with Gasteiger partial charge in [0.2, 0.25) is 0 Å². The number of ether oxygens (including phenoxy) is 1. The molecular formula is C15H16ClNO3. The Morgan fingerprint density at radius 2 is 2.10 bits per heavy atom. The molecule has 20 heavy (non-hydrogen) atoms. The van der Waals surface area contributed by atoms with Crippen molar-refractivity contribution in [2.24, 2.45) is 0 Å². The summed E-state index contributed by atoms with van der Waals surface area (Å²) >= 11 is 5.76. The first-order valence-electron chi connectivity index (χ1n) is 6.24. The molecule has 0 aliphatic carbocycles. The Labute approximate surface area is 122 Å². The Bertz CT molecular complexity index is 615. The molecule has 0 fully saturated rings. The van der Waals surface area contributed by atoms with Gasteiger partial charge in [-0.3, -0.25) is 4.79 Å². The highest BCUT2D eigenvalue weighted by Crippen LogP contribution is 2.28. The Morgan fingerprint density at radius 1 is 1.35 bits per heavy atom. The molecule has 1 amide bonds. The summed E-state index contributed by atoms with van der Waals surface area (Å²) in [6.45, 7) is 0.323. The lowest BCUT2D eigenvalue weighted by atomic mass is 10.0. The van der Waals surface area contributed by atoms with E-state index < -0.39 is 0 Å². The number of nitrogens with one attached hydrogen (secondary N) is 1. The van der Waals surface area contributed by atoms with Gasteiger partial charge >= 0.3 is 0 Å². The van der Waals surface area contributed by atoms with Gasteiger partial charge in [0, 0.05) is 18.4 Å². The van der Waals surface area contributed by atoms with Gasteiger partial charge in [0.25, 0.3) is 5.91 Å². The summed E-state index contributed by atoms with van der Waals surface area (Å²) in [5.74, 6) is -0.143. The predicted octanol–water partition coefficient (Wildman–Crippen LogP) is 2.53. The van der Waals surface area contributed by atoms with Crippen LogP contribution in [-0.2, 0) is 4.74 Å². The molecule has 2 rings (SSSR count). The standard InChI is InChI=1S/C15H16ClNO3/c1-20-9-11(8-16)17-15(19)13-7-6-10-4-2-3-5-12(10)14(13)18/h2-7,11,18H,8-9H2,1H3,(H,17,19). The quantitative estimate of drug-likeness (QED) is 0.833. The summed E-state index contributed by atoms with van der Waals surface area (Å²) in [5.41, 5.74) is 0.231. The number of phenolic OH excluding ortho intramolecular Hbond substituents is 1. The van der Waals surface area contributed by atoms with Crippen molar-refractivity contribution in [3.05, 3.63) is 42.0 Å². The normalized spacial score (nSPS) is 12.3. The highest BCUT2D eigenvalue weighted by atomic mass is 35.5. The lowest BCUT2D eigenvalue weighted by molar-refractivity contribution is 0.0904. The minimum absolute atomic E-state index is 0.0219. The number of carbonyl (C=O) groups excluding carboxylic acids is 1. The second-order valence-corrected chi connectivity index (χ2v) is 4.77. The summed E-state index contributed by atoms with van der Waals surface area (Å²) in [6.07, 6.45) is 0. The van der Waals surface area contributed by atoms with E-state index in [2.05, 4.69) is 5.32 Å². The van der Waals surface area contributed by atoms with Crippen molar-refractivity contribution >= 4 is 28.3 Å². The molecule has 1 atom stereocenters. The van der Waals surface area contributed by atoms with Crippen LogP contribution in [0.4, 0.5) is 0 Å². The molecule has 2 N–H and O–H groups in total. The smallest absolute Gasteiger partial charge is 0.255 e. The number of aromatic hydroxyl groups is 1. The minimum atomic E-state index is -0.365. The topological polar surface area (TPSA) is 58.6 Å². The van der Waals surface area contributed by atoms with Gasteiger partial charge in [0.15, 0.2) is 0 Å². The second kappa shape index (κ2) is 6.59. The maximum absolute atomic E-state index is 12.2. The Hall–Kier alpha value is -1.78. The zero-order valence-electron chi connectivity index (χ0n) is 11.1. The minimum Gasteiger partial charge on any atom is -0.506 e. The van der Waals surface area contributed by atoms with Crippen molar-refractivity contribution < 1.29 is 14.6 Å². The summed E-state index contributed by atoms with van der Waals surface area (Å²) in [7, 11) is 1.54. The SMILES string of the molecule is COCC(CCl)NC(=O)c1ccc2ccccc2c1O. The average molecular weight is 294 g/mol. The molecule has 2 aromatic carbocycles. The van der Waals surface area contributed by atoms with Crippen LogP contribution in [0.15, 0.2) is 36.4 Å². The molecule has 0 bridgehead atoms. The third-order valence-corrected chi connectivity index (χ3v) is 3.41. The van der Waals surface area contributed by atoms with Crippen LogP contribution >= 0.6 is 11.6 Å². The Balaban J connectivity index is 2.28. The molecule has 2 aromatic rings. The predicted molar refractivity (Wildman–Crippen MR) is 79.5 cm³/mol. The van der Waals surface area contributed by atoms with E-state index in [9.17, 15) is 9.90 Å². The third kappa shape index (κ3) is 3.03. The molecule has 106 valence electrons. The lowest BCUT2D eigenvalue weighted by Gasteiger charge is -2.16. The molecule has 0 aliphatic heterocycles. The molecule has 5 heteroatoms. The van der Waals surface area contributed by atoms with Crippen molar-refractivity contribution in [1.82, 2.24) is 5.32 Å². The van der Waals surface area contributed by atoms with Crippen LogP contribution in [0.2, 0.25) is 0 Å². The van der Waals surface area contributed by atoms with Crippen molar-refractivity contribution in [2.45, 2.75) is 6.04 Å². The molecule has 0 saturated carbocycles. The van der Waals surface area contributed by atoms with Gasteiger partial charge in [0.1, 0.15) is 5.75 Å². The summed E-state index contributed by atoms with van der Waals surface area (Å²) < 4.78 is 4.97. The van der Waals surface area contributed by atoms with Crippen molar-refractivity contribution in [2.75, 3.05) is 19.6 Å².